The van der Waals surface area contributed by atoms with Crippen LogP contribution in [0, 0.1) is 0 Å². The van der Waals surface area contributed by atoms with Crippen molar-refractivity contribution < 1.29 is 9.53 Å². The number of pyridine rings is 1. The lowest BCUT2D eigenvalue weighted by molar-refractivity contribution is 0.0599. The highest BCUT2D eigenvalue weighted by Crippen LogP contribution is 2.28. The first-order valence-electron chi connectivity index (χ1n) is 5.65. The van der Waals surface area contributed by atoms with Crippen LogP contribution in [0.25, 0.3) is 0 Å². The molecule has 3 rings (SSSR count). The SMILES string of the molecule is COC(=O)c1ccnc2c1CC(C1=NC=CC1)=N2. The van der Waals surface area contributed by atoms with Gasteiger partial charge in [-0.15, -0.1) is 0 Å². The van der Waals surface area contributed by atoms with Crippen LogP contribution in [0.5, 0.6) is 0 Å². The smallest absolute Gasteiger partial charge is 0.338 e. The van der Waals surface area contributed by atoms with Gasteiger partial charge in [0.25, 0.3) is 0 Å². The van der Waals surface area contributed by atoms with Crippen molar-refractivity contribution in [1.29, 1.82) is 0 Å². The van der Waals surface area contributed by atoms with Crippen molar-refractivity contribution in [1.82, 2.24) is 4.98 Å². The lowest BCUT2D eigenvalue weighted by Crippen LogP contribution is -2.13. The Hall–Kier alpha value is -2.30. The third-order valence-corrected chi connectivity index (χ3v) is 3.00. The van der Waals surface area contributed by atoms with Gasteiger partial charge in [0.15, 0.2) is 5.82 Å². The van der Waals surface area contributed by atoms with E-state index in [0.717, 1.165) is 23.4 Å². The number of hydrogen-bond donors (Lipinski definition) is 0. The Kier molecular flexibility index (Phi) is 2.51. The van der Waals surface area contributed by atoms with E-state index in [1.807, 2.05) is 6.08 Å². The van der Waals surface area contributed by atoms with Gasteiger partial charge < -0.3 is 4.74 Å². The standard InChI is InChI=1S/C13H11N3O2/c1-18-13(17)8-4-6-15-12-9(8)7-11(16-12)10-3-2-5-14-10/h2,4-6H,3,7H2,1H3. The number of methoxy groups -OCH3 is 1. The largest absolute Gasteiger partial charge is 0.465 e. The topological polar surface area (TPSA) is 63.9 Å². The van der Waals surface area contributed by atoms with Gasteiger partial charge in [-0.05, 0) is 6.07 Å². The molecule has 0 fully saturated rings. The summed E-state index contributed by atoms with van der Waals surface area (Å²) in [6.45, 7) is 0. The number of carbonyl (C=O) groups is 1. The molecule has 2 aliphatic rings. The van der Waals surface area contributed by atoms with Crippen LogP contribution in [-0.2, 0) is 11.2 Å². The molecule has 0 saturated carbocycles. The van der Waals surface area contributed by atoms with E-state index < -0.39 is 0 Å². The average molecular weight is 241 g/mol. The lowest BCUT2D eigenvalue weighted by atomic mass is 10.0. The monoisotopic (exact) mass is 241 g/mol. The van der Waals surface area contributed by atoms with Crippen LogP contribution in [0.1, 0.15) is 22.3 Å². The van der Waals surface area contributed by atoms with Crippen molar-refractivity contribution in [3.05, 3.63) is 35.7 Å². The van der Waals surface area contributed by atoms with Gasteiger partial charge in [-0.25, -0.2) is 14.8 Å². The zero-order valence-electron chi connectivity index (χ0n) is 9.88. The van der Waals surface area contributed by atoms with Crippen molar-refractivity contribution in [3.8, 4) is 0 Å². The van der Waals surface area contributed by atoms with Crippen LogP contribution < -0.4 is 0 Å². The highest BCUT2D eigenvalue weighted by Gasteiger charge is 2.25. The molecule has 0 aliphatic carbocycles. The minimum atomic E-state index is -0.350. The summed E-state index contributed by atoms with van der Waals surface area (Å²) in [6.07, 6.45) is 6.71. The van der Waals surface area contributed by atoms with Gasteiger partial charge in [0.1, 0.15) is 0 Å². The average Bonchev–Trinajstić information content (AvgIpc) is 3.04. The maximum atomic E-state index is 11.7. The molecule has 0 atom stereocenters. The number of carbonyl (C=O) groups excluding carboxylic acids is 1. The number of nitrogens with zero attached hydrogens (tertiary/aromatic N) is 3. The second kappa shape index (κ2) is 4.18. The fourth-order valence-corrected chi connectivity index (χ4v) is 2.11. The molecule has 18 heavy (non-hydrogen) atoms. The van der Waals surface area contributed by atoms with Crippen LogP contribution in [0.15, 0.2) is 34.5 Å². The van der Waals surface area contributed by atoms with E-state index in [-0.39, 0.29) is 5.97 Å². The highest BCUT2D eigenvalue weighted by molar-refractivity contribution is 6.45. The molecule has 0 amide bonds. The van der Waals surface area contributed by atoms with E-state index >= 15 is 0 Å². The van der Waals surface area contributed by atoms with Crippen molar-refractivity contribution in [3.63, 3.8) is 0 Å². The normalized spacial score (nSPS) is 16.3. The second-order valence-corrected chi connectivity index (χ2v) is 4.05. The number of ether oxygens (including phenoxy) is 1. The molecule has 0 unspecified atom stereocenters. The number of hydrogen-bond acceptors (Lipinski definition) is 5. The van der Waals surface area contributed by atoms with Gasteiger partial charge in [-0.1, -0.05) is 6.08 Å². The van der Waals surface area contributed by atoms with Gasteiger partial charge in [0, 0.05) is 30.8 Å². The van der Waals surface area contributed by atoms with E-state index in [9.17, 15) is 4.79 Å². The molecular weight excluding hydrogens is 230 g/mol. The zero-order valence-corrected chi connectivity index (χ0v) is 9.88. The van der Waals surface area contributed by atoms with E-state index in [2.05, 4.69) is 15.0 Å². The van der Waals surface area contributed by atoms with E-state index in [1.165, 1.54) is 7.11 Å². The summed E-state index contributed by atoms with van der Waals surface area (Å²) in [6, 6.07) is 1.66. The summed E-state index contributed by atoms with van der Waals surface area (Å²) < 4.78 is 4.76. The molecule has 0 radical (unpaired) electrons. The molecule has 90 valence electrons. The molecule has 5 nitrogen and oxygen atoms in total. The Morgan fingerprint density at radius 2 is 2.28 bits per heavy atom. The number of esters is 1. The van der Waals surface area contributed by atoms with E-state index in [4.69, 9.17) is 4.74 Å². The van der Waals surface area contributed by atoms with Crippen LogP contribution in [0.2, 0.25) is 0 Å². The van der Waals surface area contributed by atoms with Crippen LogP contribution in [-0.4, -0.2) is 29.5 Å². The summed E-state index contributed by atoms with van der Waals surface area (Å²) in [5.41, 5.74) is 3.20. The molecule has 3 heterocycles. The Morgan fingerprint density at radius 3 is 3.00 bits per heavy atom. The first-order valence-corrected chi connectivity index (χ1v) is 5.65. The molecule has 0 aromatic carbocycles. The van der Waals surface area contributed by atoms with Crippen molar-refractivity contribution >= 4 is 23.2 Å². The molecule has 1 aromatic heterocycles. The minimum Gasteiger partial charge on any atom is -0.465 e. The van der Waals surface area contributed by atoms with E-state index in [1.54, 1.807) is 18.5 Å². The number of aliphatic imine (C=N–C) groups is 2. The zero-order chi connectivity index (χ0) is 12.5. The number of rotatable bonds is 2. The molecule has 5 heteroatoms. The Balaban J connectivity index is 1.96. The van der Waals surface area contributed by atoms with Crippen molar-refractivity contribution in [2.24, 2.45) is 9.98 Å². The predicted molar refractivity (Wildman–Crippen MR) is 67.6 cm³/mol. The molecular formula is C13H11N3O2. The summed E-state index contributed by atoms with van der Waals surface area (Å²) in [4.78, 5) is 24.5. The number of aromatic nitrogens is 1. The molecule has 0 saturated heterocycles. The number of fused-ring (bicyclic) bond motifs is 1. The molecule has 0 N–H and O–H groups in total. The van der Waals surface area contributed by atoms with Gasteiger partial charge in [-0.3, -0.25) is 4.99 Å². The van der Waals surface area contributed by atoms with Crippen molar-refractivity contribution in [2.75, 3.05) is 7.11 Å². The van der Waals surface area contributed by atoms with Gasteiger partial charge in [-0.2, -0.15) is 0 Å². The van der Waals surface area contributed by atoms with Crippen LogP contribution in [0.3, 0.4) is 0 Å². The fraction of sp³-hybridized carbons (Fsp3) is 0.231. The molecule has 0 bridgehead atoms. The summed E-state index contributed by atoms with van der Waals surface area (Å²) >= 11 is 0. The molecule has 0 spiro atoms. The maximum absolute atomic E-state index is 11.7. The third kappa shape index (κ3) is 1.64. The maximum Gasteiger partial charge on any atom is 0.338 e. The third-order valence-electron chi connectivity index (χ3n) is 3.00. The highest BCUT2D eigenvalue weighted by atomic mass is 16.5. The summed E-state index contributed by atoms with van der Waals surface area (Å²) in [7, 11) is 1.37. The first kappa shape index (κ1) is 10.8. The van der Waals surface area contributed by atoms with Gasteiger partial charge in [0.05, 0.1) is 24.1 Å². The predicted octanol–water partition coefficient (Wildman–Crippen LogP) is 1.86. The number of allylic oxidation sites excluding steroid dienone is 1. The Bertz CT molecular complexity index is 615. The quantitative estimate of drug-likeness (QED) is 0.742. The molecule has 2 aliphatic heterocycles. The summed E-state index contributed by atoms with van der Waals surface area (Å²) in [5, 5.41) is 0. The fourth-order valence-electron chi connectivity index (χ4n) is 2.11. The second-order valence-electron chi connectivity index (χ2n) is 4.05. The minimum absolute atomic E-state index is 0.350. The summed E-state index contributed by atoms with van der Waals surface area (Å²) in [5.74, 6) is 0.249. The Morgan fingerprint density at radius 1 is 1.39 bits per heavy atom. The Labute approximate surface area is 104 Å². The van der Waals surface area contributed by atoms with Gasteiger partial charge >= 0.3 is 5.97 Å². The van der Waals surface area contributed by atoms with Crippen LogP contribution >= 0.6 is 0 Å². The van der Waals surface area contributed by atoms with Crippen LogP contribution in [0.4, 0.5) is 5.82 Å². The first-order chi connectivity index (χ1) is 8.79. The van der Waals surface area contributed by atoms with E-state index in [0.29, 0.717) is 17.8 Å². The van der Waals surface area contributed by atoms with Gasteiger partial charge in [0.2, 0.25) is 0 Å². The molecule has 1 aromatic rings. The van der Waals surface area contributed by atoms with Crippen molar-refractivity contribution in [2.45, 2.75) is 12.8 Å². The lowest BCUT2D eigenvalue weighted by Gasteiger charge is -2.04.